The smallest absolute Gasteiger partial charge is 0.305 e. The molecule has 8 heteroatoms. The Hall–Kier alpha value is -1.47. The monoisotopic (exact) mass is 286 g/mol. The molecule has 2 aromatic rings. The van der Waals surface area contributed by atoms with Gasteiger partial charge in [-0.1, -0.05) is 11.6 Å². The molecule has 1 unspecified atom stereocenters. The van der Waals surface area contributed by atoms with Crippen LogP contribution >= 0.6 is 22.9 Å². The first-order valence-corrected chi connectivity index (χ1v) is 6.50. The number of nitrogens with zero attached hydrogens (tertiary/aromatic N) is 4. The van der Waals surface area contributed by atoms with Crippen molar-refractivity contribution < 1.29 is 9.90 Å². The van der Waals surface area contributed by atoms with Crippen LogP contribution in [0.3, 0.4) is 0 Å². The van der Waals surface area contributed by atoms with Crippen LogP contribution in [0, 0.1) is 6.92 Å². The minimum Gasteiger partial charge on any atom is -0.481 e. The number of carbonyl (C=O) groups is 1. The second-order valence-electron chi connectivity index (χ2n) is 3.96. The summed E-state index contributed by atoms with van der Waals surface area (Å²) in [6.45, 7) is 3.65. The maximum atomic E-state index is 10.7. The van der Waals surface area contributed by atoms with Gasteiger partial charge in [0.2, 0.25) is 0 Å². The lowest BCUT2D eigenvalue weighted by Crippen LogP contribution is -2.13. The van der Waals surface area contributed by atoms with E-state index in [4.69, 9.17) is 16.7 Å². The van der Waals surface area contributed by atoms with Gasteiger partial charge in [0, 0.05) is 0 Å². The second-order valence-corrected chi connectivity index (χ2v) is 5.21. The van der Waals surface area contributed by atoms with Gasteiger partial charge < -0.3 is 5.11 Å². The third-order valence-corrected chi connectivity index (χ3v) is 4.18. The maximum absolute atomic E-state index is 10.7. The Kier molecular flexibility index (Phi) is 3.63. The van der Waals surface area contributed by atoms with Crippen LogP contribution in [0.25, 0.3) is 10.7 Å². The molecule has 6 nitrogen and oxygen atoms in total. The number of carboxylic acids is 1. The van der Waals surface area contributed by atoms with Crippen LogP contribution in [-0.4, -0.2) is 31.3 Å². The molecule has 0 fully saturated rings. The molecule has 0 amide bonds. The van der Waals surface area contributed by atoms with Gasteiger partial charge in [0.25, 0.3) is 0 Å². The molecule has 0 spiro atoms. The number of tetrazole rings is 1. The Morgan fingerprint density at radius 1 is 1.67 bits per heavy atom. The van der Waals surface area contributed by atoms with E-state index >= 15 is 0 Å². The van der Waals surface area contributed by atoms with E-state index in [1.165, 1.54) is 16.0 Å². The first-order chi connectivity index (χ1) is 8.50. The van der Waals surface area contributed by atoms with Gasteiger partial charge >= 0.3 is 5.97 Å². The molecular weight excluding hydrogens is 276 g/mol. The lowest BCUT2D eigenvalue weighted by Gasteiger charge is -2.10. The van der Waals surface area contributed by atoms with E-state index < -0.39 is 5.97 Å². The van der Waals surface area contributed by atoms with E-state index in [2.05, 4.69) is 15.5 Å². The summed E-state index contributed by atoms with van der Waals surface area (Å²) in [6.07, 6.45) is -0.0417. The van der Waals surface area contributed by atoms with Crippen LogP contribution < -0.4 is 0 Å². The number of rotatable bonds is 4. The molecule has 0 aliphatic heterocycles. The molecule has 0 saturated carbocycles. The molecule has 0 aliphatic carbocycles. The molecule has 2 heterocycles. The Bertz CT molecular complexity index is 580. The number of thiophene rings is 1. The van der Waals surface area contributed by atoms with Crippen molar-refractivity contribution in [3.05, 3.63) is 16.0 Å². The van der Waals surface area contributed by atoms with Crippen LogP contribution in [0.2, 0.25) is 5.02 Å². The highest BCUT2D eigenvalue weighted by molar-refractivity contribution is 7.14. The van der Waals surface area contributed by atoms with Gasteiger partial charge in [-0.25, -0.2) is 4.68 Å². The largest absolute Gasteiger partial charge is 0.481 e. The van der Waals surface area contributed by atoms with E-state index in [0.29, 0.717) is 10.8 Å². The molecular formula is C10H11ClN4O2S. The summed E-state index contributed by atoms with van der Waals surface area (Å²) in [5.74, 6) is -0.385. The zero-order valence-electron chi connectivity index (χ0n) is 9.79. The van der Waals surface area contributed by atoms with E-state index in [-0.39, 0.29) is 12.5 Å². The van der Waals surface area contributed by atoms with Crippen molar-refractivity contribution in [2.45, 2.75) is 26.3 Å². The predicted octanol–water partition coefficient (Wildman–Crippen LogP) is 2.40. The van der Waals surface area contributed by atoms with Crippen LogP contribution in [0.4, 0.5) is 0 Å². The SMILES string of the molecule is Cc1csc(-c2nnnn2C(C)CC(=O)O)c1Cl. The number of halogens is 1. The van der Waals surface area contributed by atoms with Gasteiger partial charge in [-0.05, 0) is 35.2 Å². The molecule has 0 aliphatic rings. The second kappa shape index (κ2) is 5.03. The topological polar surface area (TPSA) is 80.9 Å². The van der Waals surface area contributed by atoms with Crippen molar-refractivity contribution in [2.75, 3.05) is 0 Å². The van der Waals surface area contributed by atoms with Crippen molar-refractivity contribution >= 4 is 28.9 Å². The third-order valence-electron chi connectivity index (χ3n) is 2.48. The van der Waals surface area contributed by atoms with Crippen molar-refractivity contribution in [3.8, 4) is 10.7 Å². The normalized spacial score (nSPS) is 12.6. The predicted molar refractivity (Wildman–Crippen MR) is 67.8 cm³/mol. The Balaban J connectivity index is 2.39. The summed E-state index contributed by atoms with van der Waals surface area (Å²) in [6, 6.07) is -0.328. The summed E-state index contributed by atoms with van der Waals surface area (Å²) in [5, 5.41) is 22.7. The highest BCUT2D eigenvalue weighted by Crippen LogP contribution is 2.35. The van der Waals surface area contributed by atoms with Crippen molar-refractivity contribution in [1.82, 2.24) is 20.2 Å². The van der Waals surface area contributed by atoms with Crippen molar-refractivity contribution in [1.29, 1.82) is 0 Å². The third kappa shape index (κ3) is 2.37. The van der Waals surface area contributed by atoms with Crippen LogP contribution in [0.5, 0.6) is 0 Å². The minimum absolute atomic E-state index is 0.0417. The van der Waals surface area contributed by atoms with Crippen molar-refractivity contribution in [2.24, 2.45) is 0 Å². The Morgan fingerprint density at radius 3 is 2.94 bits per heavy atom. The van der Waals surface area contributed by atoms with E-state index in [9.17, 15) is 4.79 Å². The molecule has 1 N–H and O–H groups in total. The summed E-state index contributed by atoms with van der Waals surface area (Å²) in [5.41, 5.74) is 0.956. The van der Waals surface area contributed by atoms with Gasteiger partial charge in [0.05, 0.1) is 22.4 Å². The molecule has 0 bridgehead atoms. The zero-order valence-corrected chi connectivity index (χ0v) is 11.4. The first kappa shape index (κ1) is 13.0. The number of hydrogen-bond acceptors (Lipinski definition) is 5. The summed E-state index contributed by atoms with van der Waals surface area (Å²) >= 11 is 7.61. The molecule has 2 aromatic heterocycles. The van der Waals surface area contributed by atoms with Crippen LogP contribution in [-0.2, 0) is 4.79 Å². The standard InChI is InChI=1S/C10H11ClN4O2S/c1-5-4-18-9(8(5)11)10-12-13-14-15(10)6(2)3-7(16)17/h4,6H,3H2,1-2H3,(H,16,17). The van der Waals surface area contributed by atoms with Crippen LogP contribution in [0.15, 0.2) is 5.38 Å². The fourth-order valence-electron chi connectivity index (χ4n) is 1.56. The average molecular weight is 287 g/mol. The fraction of sp³-hybridized carbons (Fsp3) is 0.400. The molecule has 1 atom stereocenters. The van der Waals surface area contributed by atoms with Gasteiger partial charge in [-0.2, -0.15) is 0 Å². The summed E-state index contributed by atoms with van der Waals surface area (Å²) < 4.78 is 1.49. The van der Waals surface area contributed by atoms with E-state index in [0.717, 1.165) is 10.4 Å². The molecule has 2 rings (SSSR count). The Labute approximate surface area is 112 Å². The van der Waals surface area contributed by atoms with Crippen molar-refractivity contribution in [3.63, 3.8) is 0 Å². The first-order valence-electron chi connectivity index (χ1n) is 5.24. The number of aliphatic carboxylic acids is 1. The quantitative estimate of drug-likeness (QED) is 0.933. The molecule has 18 heavy (non-hydrogen) atoms. The number of hydrogen-bond donors (Lipinski definition) is 1. The number of aromatic nitrogens is 4. The molecule has 0 radical (unpaired) electrons. The highest BCUT2D eigenvalue weighted by atomic mass is 35.5. The molecule has 0 aromatic carbocycles. The lowest BCUT2D eigenvalue weighted by molar-refractivity contribution is -0.137. The van der Waals surface area contributed by atoms with Crippen LogP contribution in [0.1, 0.15) is 24.9 Å². The number of aryl methyl sites for hydroxylation is 1. The lowest BCUT2D eigenvalue weighted by atomic mass is 10.2. The maximum Gasteiger partial charge on any atom is 0.305 e. The minimum atomic E-state index is -0.891. The summed E-state index contributed by atoms with van der Waals surface area (Å²) in [4.78, 5) is 11.5. The summed E-state index contributed by atoms with van der Waals surface area (Å²) in [7, 11) is 0. The number of carboxylic acid groups (broad SMARTS) is 1. The van der Waals surface area contributed by atoms with Gasteiger partial charge in [0.1, 0.15) is 0 Å². The molecule has 96 valence electrons. The van der Waals surface area contributed by atoms with Gasteiger partial charge in [0.15, 0.2) is 5.82 Å². The fourth-order valence-corrected chi connectivity index (χ4v) is 2.81. The molecule has 0 saturated heterocycles. The van der Waals surface area contributed by atoms with Gasteiger partial charge in [-0.15, -0.1) is 16.4 Å². The highest BCUT2D eigenvalue weighted by Gasteiger charge is 2.20. The van der Waals surface area contributed by atoms with E-state index in [1.807, 2.05) is 12.3 Å². The van der Waals surface area contributed by atoms with Gasteiger partial charge in [-0.3, -0.25) is 4.79 Å². The van der Waals surface area contributed by atoms with E-state index in [1.54, 1.807) is 6.92 Å². The zero-order chi connectivity index (χ0) is 13.3. The average Bonchev–Trinajstić information content (AvgIpc) is 2.86. The Morgan fingerprint density at radius 2 is 2.39 bits per heavy atom.